The van der Waals surface area contributed by atoms with Gasteiger partial charge in [0, 0.05) is 31.5 Å². The van der Waals surface area contributed by atoms with Crippen LogP contribution >= 0.6 is 0 Å². The zero-order chi connectivity index (χ0) is 16.2. The van der Waals surface area contributed by atoms with Gasteiger partial charge in [0.15, 0.2) is 0 Å². The first kappa shape index (κ1) is 15.8. The standard InChI is InChI=1S/C18H24N2O3/c1-23-16-4-2-3-13(11-16)12-19-17(21)14-7-9-20(10-8-14)18(22)15-5-6-15/h2-4,11,14-15H,5-10,12H2,1H3,(H,19,21). The van der Waals surface area contributed by atoms with E-state index in [4.69, 9.17) is 4.74 Å². The normalized spacial score (nSPS) is 18.6. The molecule has 1 aliphatic heterocycles. The molecular weight excluding hydrogens is 292 g/mol. The summed E-state index contributed by atoms with van der Waals surface area (Å²) in [5.74, 6) is 1.47. The van der Waals surface area contributed by atoms with Crippen molar-refractivity contribution in [2.24, 2.45) is 11.8 Å². The lowest BCUT2D eigenvalue weighted by atomic mass is 9.95. The van der Waals surface area contributed by atoms with Crippen LogP contribution in [0.15, 0.2) is 24.3 Å². The number of nitrogens with zero attached hydrogens (tertiary/aromatic N) is 1. The van der Waals surface area contributed by atoms with Crippen molar-refractivity contribution in [1.29, 1.82) is 0 Å². The molecule has 0 radical (unpaired) electrons. The predicted molar refractivity (Wildman–Crippen MR) is 86.9 cm³/mol. The van der Waals surface area contributed by atoms with Crippen LogP contribution < -0.4 is 10.1 Å². The Hall–Kier alpha value is -2.04. The lowest BCUT2D eigenvalue weighted by Gasteiger charge is -2.31. The lowest BCUT2D eigenvalue weighted by molar-refractivity contribution is -0.136. The summed E-state index contributed by atoms with van der Waals surface area (Å²) in [7, 11) is 1.63. The number of amides is 2. The van der Waals surface area contributed by atoms with E-state index in [-0.39, 0.29) is 17.7 Å². The van der Waals surface area contributed by atoms with Crippen LogP contribution in [0.2, 0.25) is 0 Å². The second-order valence-electron chi connectivity index (χ2n) is 6.44. The number of methoxy groups -OCH3 is 1. The van der Waals surface area contributed by atoms with Crippen molar-refractivity contribution >= 4 is 11.8 Å². The molecule has 1 aromatic rings. The molecule has 2 fully saturated rings. The van der Waals surface area contributed by atoms with E-state index in [0.717, 1.165) is 37.0 Å². The van der Waals surface area contributed by atoms with E-state index in [9.17, 15) is 9.59 Å². The van der Waals surface area contributed by atoms with Gasteiger partial charge in [-0.3, -0.25) is 9.59 Å². The van der Waals surface area contributed by atoms with Gasteiger partial charge in [0.05, 0.1) is 7.11 Å². The highest BCUT2D eigenvalue weighted by Gasteiger charge is 2.35. The van der Waals surface area contributed by atoms with E-state index in [0.29, 0.717) is 25.5 Å². The smallest absolute Gasteiger partial charge is 0.225 e. The Balaban J connectivity index is 1.44. The summed E-state index contributed by atoms with van der Waals surface area (Å²) in [5.41, 5.74) is 1.03. The zero-order valence-corrected chi connectivity index (χ0v) is 13.6. The Morgan fingerprint density at radius 1 is 1.17 bits per heavy atom. The Morgan fingerprint density at radius 2 is 1.91 bits per heavy atom. The van der Waals surface area contributed by atoms with Crippen molar-refractivity contribution in [3.05, 3.63) is 29.8 Å². The van der Waals surface area contributed by atoms with Crippen molar-refractivity contribution in [3.63, 3.8) is 0 Å². The van der Waals surface area contributed by atoms with Crippen molar-refractivity contribution in [2.75, 3.05) is 20.2 Å². The average Bonchev–Trinajstić information content (AvgIpc) is 3.44. The lowest BCUT2D eigenvalue weighted by Crippen LogP contribution is -2.43. The third-order valence-corrected chi connectivity index (χ3v) is 4.70. The van der Waals surface area contributed by atoms with Gasteiger partial charge in [0.25, 0.3) is 0 Å². The zero-order valence-electron chi connectivity index (χ0n) is 13.6. The molecular formula is C18H24N2O3. The van der Waals surface area contributed by atoms with Crippen LogP contribution in [0.3, 0.4) is 0 Å². The number of benzene rings is 1. The fourth-order valence-corrected chi connectivity index (χ4v) is 3.07. The molecule has 1 aromatic carbocycles. The van der Waals surface area contributed by atoms with Gasteiger partial charge in [0.1, 0.15) is 5.75 Å². The van der Waals surface area contributed by atoms with Gasteiger partial charge in [-0.2, -0.15) is 0 Å². The van der Waals surface area contributed by atoms with Crippen LogP contribution in [0, 0.1) is 11.8 Å². The van der Waals surface area contributed by atoms with E-state index in [1.165, 1.54) is 0 Å². The molecule has 1 N–H and O–H groups in total. The van der Waals surface area contributed by atoms with Gasteiger partial charge in [0.2, 0.25) is 11.8 Å². The Bertz CT molecular complexity index is 575. The minimum Gasteiger partial charge on any atom is -0.497 e. The number of carbonyl (C=O) groups excluding carboxylic acids is 2. The molecule has 0 bridgehead atoms. The van der Waals surface area contributed by atoms with Crippen LogP contribution in [0.4, 0.5) is 0 Å². The number of likely N-dealkylation sites (tertiary alicyclic amines) is 1. The summed E-state index contributed by atoms with van der Waals surface area (Å²) in [4.78, 5) is 26.3. The van der Waals surface area contributed by atoms with E-state index in [1.807, 2.05) is 29.2 Å². The Morgan fingerprint density at radius 3 is 2.57 bits per heavy atom. The van der Waals surface area contributed by atoms with Gasteiger partial charge >= 0.3 is 0 Å². The highest BCUT2D eigenvalue weighted by atomic mass is 16.5. The molecule has 124 valence electrons. The third-order valence-electron chi connectivity index (χ3n) is 4.70. The molecule has 1 heterocycles. The molecule has 5 heteroatoms. The van der Waals surface area contributed by atoms with Crippen LogP contribution in [-0.4, -0.2) is 36.9 Å². The van der Waals surface area contributed by atoms with Gasteiger partial charge in [-0.1, -0.05) is 12.1 Å². The maximum Gasteiger partial charge on any atom is 0.225 e. The summed E-state index contributed by atoms with van der Waals surface area (Å²) in [6, 6.07) is 7.71. The van der Waals surface area contributed by atoms with E-state index in [2.05, 4.69) is 5.32 Å². The molecule has 0 unspecified atom stereocenters. The third kappa shape index (κ3) is 4.03. The maximum atomic E-state index is 12.3. The first-order valence-corrected chi connectivity index (χ1v) is 8.37. The van der Waals surface area contributed by atoms with Crippen molar-refractivity contribution in [1.82, 2.24) is 10.2 Å². The van der Waals surface area contributed by atoms with E-state index in [1.54, 1.807) is 7.11 Å². The van der Waals surface area contributed by atoms with Gasteiger partial charge in [-0.05, 0) is 43.4 Å². The Labute approximate surface area is 137 Å². The summed E-state index contributed by atoms with van der Waals surface area (Å²) in [6.07, 6.45) is 3.62. The summed E-state index contributed by atoms with van der Waals surface area (Å²) in [6.45, 7) is 1.94. The number of piperidine rings is 1. The molecule has 2 amide bonds. The highest BCUT2D eigenvalue weighted by Crippen LogP contribution is 2.32. The molecule has 23 heavy (non-hydrogen) atoms. The monoisotopic (exact) mass is 316 g/mol. The fraction of sp³-hybridized carbons (Fsp3) is 0.556. The van der Waals surface area contributed by atoms with Gasteiger partial charge in [-0.25, -0.2) is 0 Å². The predicted octanol–water partition coefficient (Wildman–Crippen LogP) is 1.96. The van der Waals surface area contributed by atoms with Gasteiger partial charge in [-0.15, -0.1) is 0 Å². The summed E-state index contributed by atoms with van der Waals surface area (Å²) >= 11 is 0. The van der Waals surface area contributed by atoms with E-state index < -0.39 is 0 Å². The van der Waals surface area contributed by atoms with Crippen molar-refractivity contribution < 1.29 is 14.3 Å². The van der Waals surface area contributed by atoms with Crippen molar-refractivity contribution in [3.8, 4) is 5.75 Å². The molecule has 3 rings (SSSR count). The van der Waals surface area contributed by atoms with Crippen LogP contribution in [0.1, 0.15) is 31.2 Å². The number of hydrogen-bond acceptors (Lipinski definition) is 3. The second-order valence-corrected chi connectivity index (χ2v) is 6.44. The van der Waals surface area contributed by atoms with Crippen LogP contribution in [0.5, 0.6) is 5.75 Å². The van der Waals surface area contributed by atoms with Crippen LogP contribution in [-0.2, 0) is 16.1 Å². The minimum atomic E-state index is 0.0175. The van der Waals surface area contributed by atoms with Gasteiger partial charge < -0.3 is 15.0 Å². The molecule has 1 saturated heterocycles. The fourth-order valence-electron chi connectivity index (χ4n) is 3.07. The number of nitrogens with one attached hydrogen (secondary N) is 1. The maximum absolute atomic E-state index is 12.3. The number of rotatable bonds is 5. The van der Waals surface area contributed by atoms with E-state index >= 15 is 0 Å². The minimum absolute atomic E-state index is 0.0175. The molecule has 1 aliphatic carbocycles. The molecule has 0 aromatic heterocycles. The average molecular weight is 316 g/mol. The molecule has 1 saturated carbocycles. The number of ether oxygens (including phenoxy) is 1. The first-order chi connectivity index (χ1) is 11.2. The number of hydrogen-bond donors (Lipinski definition) is 1. The number of carbonyl (C=O) groups is 2. The topological polar surface area (TPSA) is 58.6 Å². The molecule has 0 atom stereocenters. The highest BCUT2D eigenvalue weighted by molar-refractivity contribution is 5.82. The molecule has 0 spiro atoms. The first-order valence-electron chi connectivity index (χ1n) is 8.37. The quantitative estimate of drug-likeness (QED) is 0.903. The Kier molecular flexibility index (Phi) is 4.84. The summed E-state index contributed by atoms with van der Waals surface area (Å²) < 4.78 is 5.19. The SMILES string of the molecule is COc1cccc(CNC(=O)C2CCN(C(=O)C3CC3)CC2)c1. The second kappa shape index (κ2) is 7.02. The summed E-state index contributed by atoms with van der Waals surface area (Å²) in [5, 5.41) is 3.00. The van der Waals surface area contributed by atoms with Crippen LogP contribution in [0.25, 0.3) is 0 Å². The van der Waals surface area contributed by atoms with Crippen molar-refractivity contribution in [2.45, 2.75) is 32.2 Å². The molecule has 2 aliphatic rings. The largest absolute Gasteiger partial charge is 0.497 e. The molecule has 5 nitrogen and oxygen atoms in total.